The Balaban J connectivity index is 2.09. The predicted octanol–water partition coefficient (Wildman–Crippen LogP) is 3.07. The average Bonchev–Trinajstić information content (AvgIpc) is 2.92. The summed E-state index contributed by atoms with van der Waals surface area (Å²) in [5, 5.41) is 16.5. The van der Waals surface area contributed by atoms with Gasteiger partial charge in [0.1, 0.15) is 17.9 Å². The Labute approximate surface area is 132 Å². The van der Waals surface area contributed by atoms with E-state index in [9.17, 15) is 14.7 Å². The van der Waals surface area contributed by atoms with Gasteiger partial charge < -0.3 is 9.84 Å². The Bertz CT molecular complexity index is 802. The molecule has 2 N–H and O–H groups in total. The van der Waals surface area contributed by atoms with Gasteiger partial charge in [-0.25, -0.2) is 9.59 Å². The number of anilines is 1. The Morgan fingerprint density at radius 2 is 2.13 bits per heavy atom. The number of carboxylic acids is 1. The standard InChI is InChI=1S/C16H17N3O4/c1-16(2,3)19-7-11(14(20)21)13(18-19)9-4-5-12-10(6-9)8-23-15(22)17-12/h4-7H,8H2,1-3H3,(H,17,22)(H,20,21). The Hall–Kier alpha value is -2.83. The number of amides is 1. The van der Waals surface area contributed by atoms with E-state index in [4.69, 9.17) is 4.74 Å². The highest BCUT2D eigenvalue weighted by molar-refractivity contribution is 5.95. The number of ether oxygens (including phenoxy) is 1. The van der Waals surface area contributed by atoms with E-state index >= 15 is 0 Å². The first-order valence-electron chi connectivity index (χ1n) is 7.16. The third kappa shape index (κ3) is 2.77. The van der Waals surface area contributed by atoms with Crippen LogP contribution in [0.25, 0.3) is 11.3 Å². The second-order valence-corrected chi connectivity index (χ2v) is 6.38. The topological polar surface area (TPSA) is 93.5 Å². The molecule has 0 saturated heterocycles. The maximum atomic E-state index is 11.5. The molecule has 1 aromatic heterocycles. The molecule has 2 aromatic rings. The number of carbonyl (C=O) groups excluding carboxylic acids is 1. The molecular weight excluding hydrogens is 298 g/mol. The molecule has 7 nitrogen and oxygen atoms in total. The summed E-state index contributed by atoms with van der Waals surface area (Å²) in [5.41, 5.74) is 2.32. The van der Waals surface area contributed by atoms with E-state index in [2.05, 4.69) is 10.4 Å². The van der Waals surface area contributed by atoms with E-state index in [1.54, 1.807) is 22.9 Å². The zero-order chi connectivity index (χ0) is 16.8. The minimum absolute atomic E-state index is 0.139. The summed E-state index contributed by atoms with van der Waals surface area (Å²) in [4.78, 5) is 22.7. The molecule has 7 heteroatoms. The zero-order valence-corrected chi connectivity index (χ0v) is 13.1. The van der Waals surface area contributed by atoms with Crippen LogP contribution in [0.1, 0.15) is 36.7 Å². The monoisotopic (exact) mass is 315 g/mol. The number of carbonyl (C=O) groups is 2. The normalized spacial score (nSPS) is 14.0. The smallest absolute Gasteiger partial charge is 0.411 e. The minimum Gasteiger partial charge on any atom is -0.478 e. The third-order valence-corrected chi connectivity index (χ3v) is 3.61. The van der Waals surface area contributed by atoms with E-state index < -0.39 is 12.1 Å². The number of benzene rings is 1. The first kappa shape index (κ1) is 15.1. The minimum atomic E-state index is -1.03. The average molecular weight is 315 g/mol. The summed E-state index contributed by atoms with van der Waals surface area (Å²) in [6, 6.07) is 5.26. The summed E-state index contributed by atoms with van der Waals surface area (Å²) in [6.07, 6.45) is 1.04. The summed E-state index contributed by atoms with van der Waals surface area (Å²) in [5.74, 6) is -1.03. The van der Waals surface area contributed by atoms with Gasteiger partial charge in [0.2, 0.25) is 0 Å². The van der Waals surface area contributed by atoms with Crippen LogP contribution < -0.4 is 5.32 Å². The molecule has 0 saturated carbocycles. The van der Waals surface area contributed by atoms with Crippen molar-refractivity contribution < 1.29 is 19.4 Å². The molecule has 1 aliphatic rings. The van der Waals surface area contributed by atoms with Gasteiger partial charge in [0.15, 0.2) is 0 Å². The van der Waals surface area contributed by atoms with Crippen LogP contribution in [0.3, 0.4) is 0 Å². The molecule has 2 heterocycles. The van der Waals surface area contributed by atoms with Crippen LogP contribution in [0.2, 0.25) is 0 Å². The van der Waals surface area contributed by atoms with Crippen molar-refractivity contribution in [3.63, 3.8) is 0 Å². The summed E-state index contributed by atoms with van der Waals surface area (Å²) >= 11 is 0. The van der Waals surface area contributed by atoms with Crippen molar-refractivity contribution in [3.8, 4) is 11.3 Å². The number of nitrogens with zero attached hydrogens (tertiary/aromatic N) is 2. The molecule has 0 radical (unpaired) electrons. The van der Waals surface area contributed by atoms with Crippen molar-refractivity contribution in [2.24, 2.45) is 0 Å². The molecule has 1 amide bonds. The van der Waals surface area contributed by atoms with Gasteiger partial charge >= 0.3 is 12.1 Å². The highest BCUT2D eigenvalue weighted by atomic mass is 16.5. The van der Waals surface area contributed by atoms with Crippen LogP contribution in [-0.2, 0) is 16.9 Å². The van der Waals surface area contributed by atoms with Crippen LogP contribution in [0, 0.1) is 0 Å². The van der Waals surface area contributed by atoms with E-state index in [1.807, 2.05) is 20.8 Å². The van der Waals surface area contributed by atoms with E-state index in [0.29, 0.717) is 16.9 Å². The summed E-state index contributed by atoms with van der Waals surface area (Å²) in [7, 11) is 0. The van der Waals surface area contributed by atoms with Gasteiger partial charge in [-0.1, -0.05) is 6.07 Å². The van der Waals surface area contributed by atoms with Crippen molar-refractivity contribution in [1.82, 2.24) is 9.78 Å². The van der Waals surface area contributed by atoms with Crippen LogP contribution in [0.15, 0.2) is 24.4 Å². The van der Waals surface area contributed by atoms with Gasteiger partial charge in [-0.2, -0.15) is 5.10 Å². The first-order chi connectivity index (χ1) is 10.8. The molecule has 0 bridgehead atoms. The fraction of sp³-hybridized carbons (Fsp3) is 0.312. The van der Waals surface area contributed by atoms with Crippen molar-refractivity contribution >= 4 is 17.7 Å². The molecule has 1 aromatic carbocycles. The molecule has 120 valence electrons. The second kappa shape index (κ2) is 5.12. The van der Waals surface area contributed by atoms with Crippen LogP contribution in [0.5, 0.6) is 0 Å². The number of cyclic esters (lactones) is 1. The number of hydrogen-bond donors (Lipinski definition) is 2. The number of aromatic carboxylic acids is 1. The summed E-state index contributed by atoms with van der Waals surface area (Å²) in [6.45, 7) is 6.00. The SMILES string of the molecule is CC(C)(C)n1cc(C(=O)O)c(-c2ccc3c(c2)COC(=O)N3)n1. The van der Waals surface area contributed by atoms with Gasteiger partial charge in [-0.15, -0.1) is 0 Å². The lowest BCUT2D eigenvalue weighted by Crippen LogP contribution is -2.22. The van der Waals surface area contributed by atoms with Gasteiger partial charge in [-0.05, 0) is 32.9 Å². The Morgan fingerprint density at radius 3 is 2.78 bits per heavy atom. The van der Waals surface area contributed by atoms with Crippen molar-refractivity contribution in [2.45, 2.75) is 32.9 Å². The maximum Gasteiger partial charge on any atom is 0.411 e. The van der Waals surface area contributed by atoms with Crippen molar-refractivity contribution in [3.05, 3.63) is 35.5 Å². The number of fused-ring (bicyclic) bond motifs is 1. The molecule has 1 aliphatic heterocycles. The van der Waals surface area contributed by atoms with E-state index in [1.165, 1.54) is 6.20 Å². The third-order valence-electron chi connectivity index (χ3n) is 3.61. The number of carboxylic acid groups (broad SMARTS) is 1. The lowest BCUT2D eigenvalue weighted by Gasteiger charge is -2.19. The first-order valence-corrected chi connectivity index (χ1v) is 7.16. The number of nitrogens with one attached hydrogen (secondary N) is 1. The molecule has 0 fully saturated rings. The summed E-state index contributed by atoms with van der Waals surface area (Å²) < 4.78 is 6.58. The molecule has 23 heavy (non-hydrogen) atoms. The fourth-order valence-electron chi connectivity index (χ4n) is 2.36. The van der Waals surface area contributed by atoms with Crippen molar-refractivity contribution in [1.29, 1.82) is 0 Å². The van der Waals surface area contributed by atoms with Crippen molar-refractivity contribution in [2.75, 3.05) is 5.32 Å². The Kier molecular flexibility index (Phi) is 3.35. The number of hydrogen-bond acceptors (Lipinski definition) is 4. The fourth-order valence-corrected chi connectivity index (χ4v) is 2.36. The zero-order valence-electron chi connectivity index (χ0n) is 13.1. The lowest BCUT2D eigenvalue weighted by atomic mass is 10.0. The molecule has 0 aliphatic carbocycles. The molecule has 0 spiro atoms. The van der Waals surface area contributed by atoms with Crippen LogP contribution >= 0.6 is 0 Å². The quantitative estimate of drug-likeness (QED) is 0.888. The van der Waals surface area contributed by atoms with E-state index in [-0.39, 0.29) is 17.7 Å². The highest BCUT2D eigenvalue weighted by Gasteiger charge is 2.24. The van der Waals surface area contributed by atoms with Crippen LogP contribution in [0.4, 0.5) is 10.5 Å². The molecule has 0 unspecified atom stereocenters. The molecular formula is C16H17N3O4. The highest BCUT2D eigenvalue weighted by Crippen LogP contribution is 2.30. The van der Waals surface area contributed by atoms with Crippen LogP contribution in [-0.4, -0.2) is 26.9 Å². The Morgan fingerprint density at radius 1 is 1.39 bits per heavy atom. The predicted molar refractivity (Wildman–Crippen MR) is 83.4 cm³/mol. The molecule has 0 atom stereocenters. The van der Waals surface area contributed by atoms with Gasteiger partial charge in [0.05, 0.1) is 11.2 Å². The second-order valence-electron chi connectivity index (χ2n) is 6.38. The number of aromatic nitrogens is 2. The lowest BCUT2D eigenvalue weighted by molar-refractivity contribution is 0.0697. The van der Waals surface area contributed by atoms with Gasteiger partial charge in [-0.3, -0.25) is 10.00 Å². The number of rotatable bonds is 2. The van der Waals surface area contributed by atoms with E-state index in [0.717, 1.165) is 5.56 Å². The van der Waals surface area contributed by atoms with Gasteiger partial charge in [0.25, 0.3) is 0 Å². The largest absolute Gasteiger partial charge is 0.478 e. The van der Waals surface area contributed by atoms with Gasteiger partial charge in [0, 0.05) is 17.3 Å². The maximum absolute atomic E-state index is 11.5. The molecule has 3 rings (SSSR count).